The standard InChI is InChI=1S/C21H28FNO3/c1-2-16-9-5-8-14-23(16)19(24)15-26-20(25)21(12-6-7-13-21)17-10-3-4-11-18(17)22/h3-4,10-11,16H,2,5-9,12-15H2,1H3/t16-/m0/s1. The third-order valence-electron chi connectivity index (χ3n) is 5.98. The van der Waals surface area contributed by atoms with Crippen LogP contribution in [0.15, 0.2) is 24.3 Å². The van der Waals surface area contributed by atoms with Crippen molar-refractivity contribution in [1.82, 2.24) is 4.90 Å². The van der Waals surface area contributed by atoms with Gasteiger partial charge in [-0.1, -0.05) is 38.0 Å². The predicted molar refractivity (Wildman–Crippen MR) is 97.1 cm³/mol. The van der Waals surface area contributed by atoms with E-state index in [0.717, 1.165) is 45.1 Å². The summed E-state index contributed by atoms with van der Waals surface area (Å²) in [5.41, 5.74) is -0.545. The van der Waals surface area contributed by atoms with Crippen molar-refractivity contribution in [2.45, 2.75) is 69.7 Å². The van der Waals surface area contributed by atoms with Crippen LogP contribution in [0.1, 0.15) is 63.9 Å². The Balaban J connectivity index is 1.69. The van der Waals surface area contributed by atoms with Gasteiger partial charge < -0.3 is 9.64 Å². The zero-order valence-corrected chi connectivity index (χ0v) is 15.5. The highest BCUT2D eigenvalue weighted by molar-refractivity contribution is 5.87. The van der Waals surface area contributed by atoms with Gasteiger partial charge in [0.15, 0.2) is 6.61 Å². The minimum absolute atomic E-state index is 0.133. The molecular formula is C21H28FNO3. The van der Waals surface area contributed by atoms with E-state index in [0.29, 0.717) is 18.4 Å². The quantitative estimate of drug-likeness (QED) is 0.746. The van der Waals surface area contributed by atoms with Crippen molar-refractivity contribution in [3.8, 4) is 0 Å². The highest BCUT2D eigenvalue weighted by atomic mass is 19.1. The van der Waals surface area contributed by atoms with Gasteiger partial charge in [0, 0.05) is 18.2 Å². The van der Waals surface area contributed by atoms with E-state index in [2.05, 4.69) is 6.92 Å². The average molecular weight is 361 g/mol. The number of halogens is 1. The van der Waals surface area contributed by atoms with Gasteiger partial charge in [0.1, 0.15) is 5.82 Å². The van der Waals surface area contributed by atoms with Gasteiger partial charge in [-0.05, 0) is 44.6 Å². The summed E-state index contributed by atoms with van der Waals surface area (Å²) in [5.74, 6) is -0.968. The van der Waals surface area contributed by atoms with E-state index in [9.17, 15) is 14.0 Å². The first-order valence-electron chi connectivity index (χ1n) is 9.80. The first-order chi connectivity index (χ1) is 12.6. The summed E-state index contributed by atoms with van der Waals surface area (Å²) in [6.07, 6.45) is 6.93. The Morgan fingerprint density at radius 3 is 2.62 bits per heavy atom. The number of nitrogens with zero attached hydrogens (tertiary/aromatic N) is 1. The number of carbonyl (C=O) groups is 2. The Hall–Kier alpha value is -1.91. The lowest BCUT2D eigenvalue weighted by atomic mass is 9.78. The Morgan fingerprint density at radius 1 is 1.19 bits per heavy atom. The van der Waals surface area contributed by atoms with Crippen LogP contribution in [0.4, 0.5) is 4.39 Å². The van der Waals surface area contributed by atoms with Crippen LogP contribution in [0.5, 0.6) is 0 Å². The minimum atomic E-state index is -0.947. The molecule has 1 saturated heterocycles. The molecule has 1 aliphatic carbocycles. The molecule has 3 rings (SSSR count). The number of rotatable bonds is 5. The largest absolute Gasteiger partial charge is 0.455 e. The second-order valence-electron chi connectivity index (χ2n) is 7.49. The van der Waals surface area contributed by atoms with Crippen LogP contribution in [0.25, 0.3) is 0 Å². The second kappa shape index (κ2) is 8.19. The normalized spacial score (nSPS) is 22.2. The molecule has 2 aliphatic rings. The summed E-state index contributed by atoms with van der Waals surface area (Å²) < 4.78 is 19.8. The molecule has 1 heterocycles. The third kappa shape index (κ3) is 3.62. The van der Waals surface area contributed by atoms with Crippen LogP contribution in [0.3, 0.4) is 0 Å². The number of benzene rings is 1. The Kier molecular flexibility index (Phi) is 5.94. The van der Waals surface area contributed by atoms with Gasteiger partial charge >= 0.3 is 5.97 Å². The van der Waals surface area contributed by atoms with E-state index in [1.807, 2.05) is 4.90 Å². The van der Waals surface area contributed by atoms with Gasteiger partial charge in [0.2, 0.25) is 0 Å². The lowest BCUT2D eigenvalue weighted by Gasteiger charge is -2.35. The maximum Gasteiger partial charge on any atom is 0.317 e. The number of hydrogen-bond donors (Lipinski definition) is 0. The van der Waals surface area contributed by atoms with Crippen LogP contribution in [-0.4, -0.2) is 36.0 Å². The number of carbonyl (C=O) groups excluding carboxylic acids is 2. The van der Waals surface area contributed by atoms with E-state index >= 15 is 0 Å². The van der Waals surface area contributed by atoms with Gasteiger partial charge in [-0.15, -0.1) is 0 Å². The molecule has 1 aromatic rings. The number of ether oxygens (including phenoxy) is 1. The van der Waals surface area contributed by atoms with Crippen LogP contribution >= 0.6 is 0 Å². The van der Waals surface area contributed by atoms with Crippen molar-refractivity contribution >= 4 is 11.9 Å². The van der Waals surface area contributed by atoms with Crippen LogP contribution < -0.4 is 0 Å². The smallest absolute Gasteiger partial charge is 0.317 e. The molecule has 0 aromatic heterocycles. The van der Waals surface area contributed by atoms with Crippen LogP contribution in [0, 0.1) is 5.82 Å². The summed E-state index contributed by atoms with van der Waals surface area (Å²) in [7, 11) is 0. The molecule has 1 atom stereocenters. The first kappa shape index (κ1) is 18.9. The van der Waals surface area contributed by atoms with Crippen molar-refractivity contribution in [3.63, 3.8) is 0 Å². The fourth-order valence-corrected chi connectivity index (χ4v) is 4.51. The fourth-order valence-electron chi connectivity index (χ4n) is 4.51. The highest BCUT2D eigenvalue weighted by Crippen LogP contribution is 2.43. The summed E-state index contributed by atoms with van der Waals surface area (Å²) in [6.45, 7) is 2.56. The zero-order chi connectivity index (χ0) is 18.6. The fraction of sp³-hybridized carbons (Fsp3) is 0.619. The van der Waals surface area contributed by atoms with E-state index in [-0.39, 0.29) is 24.4 Å². The molecule has 1 saturated carbocycles. The Labute approximate surface area is 154 Å². The van der Waals surface area contributed by atoms with E-state index in [1.54, 1.807) is 18.2 Å². The van der Waals surface area contributed by atoms with Crippen molar-refractivity contribution in [1.29, 1.82) is 0 Å². The summed E-state index contributed by atoms with van der Waals surface area (Å²) in [5, 5.41) is 0. The Bertz CT molecular complexity index is 654. The highest BCUT2D eigenvalue weighted by Gasteiger charge is 2.46. The molecular weight excluding hydrogens is 333 g/mol. The van der Waals surface area contributed by atoms with Crippen molar-refractivity contribution < 1.29 is 18.7 Å². The average Bonchev–Trinajstić information content (AvgIpc) is 3.17. The monoisotopic (exact) mass is 361 g/mol. The predicted octanol–water partition coefficient (Wildman–Crippen LogP) is 3.97. The van der Waals surface area contributed by atoms with Crippen molar-refractivity contribution in [2.24, 2.45) is 0 Å². The maximum absolute atomic E-state index is 14.4. The van der Waals surface area contributed by atoms with Crippen molar-refractivity contribution in [2.75, 3.05) is 13.2 Å². The second-order valence-corrected chi connectivity index (χ2v) is 7.49. The third-order valence-corrected chi connectivity index (χ3v) is 5.98. The minimum Gasteiger partial charge on any atom is -0.455 e. The van der Waals surface area contributed by atoms with Gasteiger partial charge in [-0.2, -0.15) is 0 Å². The van der Waals surface area contributed by atoms with E-state index in [4.69, 9.17) is 4.74 Å². The molecule has 0 N–H and O–H groups in total. The first-order valence-corrected chi connectivity index (χ1v) is 9.80. The van der Waals surface area contributed by atoms with Crippen LogP contribution in [0.2, 0.25) is 0 Å². The number of likely N-dealkylation sites (tertiary alicyclic amines) is 1. The summed E-state index contributed by atoms with van der Waals surface area (Å²) in [6, 6.07) is 6.66. The molecule has 1 amide bonds. The van der Waals surface area contributed by atoms with Gasteiger partial charge in [0.05, 0.1) is 5.41 Å². The molecule has 4 nitrogen and oxygen atoms in total. The summed E-state index contributed by atoms with van der Waals surface area (Å²) in [4.78, 5) is 27.3. The molecule has 5 heteroatoms. The van der Waals surface area contributed by atoms with E-state index < -0.39 is 11.4 Å². The molecule has 0 radical (unpaired) electrons. The molecule has 0 unspecified atom stereocenters. The van der Waals surface area contributed by atoms with Crippen LogP contribution in [-0.2, 0) is 19.7 Å². The van der Waals surface area contributed by atoms with Crippen molar-refractivity contribution in [3.05, 3.63) is 35.6 Å². The van der Waals surface area contributed by atoms with E-state index in [1.165, 1.54) is 6.07 Å². The van der Waals surface area contributed by atoms with Gasteiger partial charge in [-0.3, -0.25) is 9.59 Å². The molecule has 142 valence electrons. The molecule has 0 spiro atoms. The molecule has 26 heavy (non-hydrogen) atoms. The number of amides is 1. The Morgan fingerprint density at radius 2 is 1.92 bits per heavy atom. The lowest BCUT2D eigenvalue weighted by molar-refractivity contribution is -0.158. The maximum atomic E-state index is 14.4. The topological polar surface area (TPSA) is 46.6 Å². The number of esters is 1. The molecule has 0 bridgehead atoms. The zero-order valence-electron chi connectivity index (χ0n) is 15.5. The molecule has 2 fully saturated rings. The molecule has 1 aromatic carbocycles. The van der Waals surface area contributed by atoms with Gasteiger partial charge in [-0.25, -0.2) is 4.39 Å². The number of piperidine rings is 1. The summed E-state index contributed by atoms with van der Waals surface area (Å²) >= 11 is 0. The molecule has 1 aliphatic heterocycles. The lowest BCUT2D eigenvalue weighted by Crippen LogP contribution is -2.46. The number of hydrogen-bond acceptors (Lipinski definition) is 3. The van der Waals surface area contributed by atoms with Gasteiger partial charge in [0.25, 0.3) is 5.91 Å². The SMILES string of the molecule is CC[C@H]1CCCCN1C(=O)COC(=O)C1(c2ccccc2F)CCCC1.